The molecule has 108 valence electrons. The molecule has 0 heterocycles. The molecule has 1 atom stereocenters. The zero-order chi connectivity index (χ0) is 14.4. The third kappa shape index (κ3) is 2.27. The predicted octanol–water partition coefficient (Wildman–Crippen LogP) is 3.02. The molecule has 0 spiro atoms. The van der Waals surface area contributed by atoms with Crippen molar-refractivity contribution in [1.29, 1.82) is 0 Å². The Bertz CT molecular complexity index is 708. The van der Waals surface area contributed by atoms with Gasteiger partial charge in [0, 0.05) is 17.1 Å². The number of benzene rings is 2. The second kappa shape index (κ2) is 4.76. The largest absolute Gasteiger partial charge is 0.373 e. The Kier molecular flexibility index (Phi) is 2.88. The predicted molar refractivity (Wildman–Crippen MR) is 85.6 cm³/mol. The maximum absolute atomic E-state index is 12.1. The van der Waals surface area contributed by atoms with Crippen molar-refractivity contribution in [3.63, 3.8) is 0 Å². The number of rotatable bonds is 4. The van der Waals surface area contributed by atoms with Gasteiger partial charge in [0.1, 0.15) is 6.04 Å². The molecule has 3 heteroatoms. The lowest BCUT2D eigenvalue weighted by Gasteiger charge is -2.17. The molecule has 0 aromatic heterocycles. The highest BCUT2D eigenvalue weighted by molar-refractivity contribution is 6.00. The van der Waals surface area contributed by atoms with E-state index in [1.165, 1.54) is 21.9 Å². The van der Waals surface area contributed by atoms with Crippen molar-refractivity contribution in [2.75, 3.05) is 5.32 Å². The SMILES string of the molecule is CC(Nc1ccc2c3c(cccc13)CC2)C(=O)NC1CC1. The van der Waals surface area contributed by atoms with E-state index >= 15 is 0 Å². The lowest BCUT2D eigenvalue weighted by atomic mass is 10.0. The maximum atomic E-state index is 12.1. The number of hydrogen-bond acceptors (Lipinski definition) is 2. The number of nitrogens with one attached hydrogen (secondary N) is 2. The quantitative estimate of drug-likeness (QED) is 0.904. The van der Waals surface area contributed by atoms with Crippen LogP contribution in [-0.4, -0.2) is 18.0 Å². The maximum Gasteiger partial charge on any atom is 0.242 e. The summed E-state index contributed by atoms with van der Waals surface area (Å²) in [5.74, 6) is 0.0979. The summed E-state index contributed by atoms with van der Waals surface area (Å²) < 4.78 is 0. The van der Waals surface area contributed by atoms with Crippen LogP contribution in [0.2, 0.25) is 0 Å². The van der Waals surface area contributed by atoms with Crippen molar-refractivity contribution in [2.24, 2.45) is 0 Å². The minimum absolute atomic E-state index is 0.0979. The first-order valence-electron chi connectivity index (χ1n) is 7.83. The summed E-state index contributed by atoms with van der Waals surface area (Å²) in [7, 11) is 0. The zero-order valence-electron chi connectivity index (χ0n) is 12.3. The van der Waals surface area contributed by atoms with Crippen LogP contribution in [0.1, 0.15) is 30.9 Å². The van der Waals surface area contributed by atoms with Crippen LogP contribution in [0.15, 0.2) is 30.3 Å². The van der Waals surface area contributed by atoms with Crippen LogP contribution >= 0.6 is 0 Å². The smallest absolute Gasteiger partial charge is 0.242 e. The van der Waals surface area contributed by atoms with Crippen LogP contribution in [0.4, 0.5) is 5.69 Å². The number of aryl methyl sites for hydroxylation is 2. The average Bonchev–Trinajstić information content (AvgIpc) is 3.21. The van der Waals surface area contributed by atoms with E-state index < -0.39 is 0 Å². The molecule has 2 N–H and O–H groups in total. The van der Waals surface area contributed by atoms with Gasteiger partial charge in [0.15, 0.2) is 0 Å². The van der Waals surface area contributed by atoms with Crippen molar-refractivity contribution in [2.45, 2.75) is 44.7 Å². The summed E-state index contributed by atoms with van der Waals surface area (Å²) in [6.45, 7) is 1.93. The monoisotopic (exact) mass is 280 g/mol. The van der Waals surface area contributed by atoms with Crippen molar-refractivity contribution >= 4 is 22.4 Å². The van der Waals surface area contributed by atoms with E-state index in [2.05, 4.69) is 41.0 Å². The molecule has 2 aliphatic rings. The van der Waals surface area contributed by atoms with Gasteiger partial charge in [0.05, 0.1) is 0 Å². The second-order valence-corrected chi connectivity index (χ2v) is 6.26. The standard InChI is InChI=1S/C18H20N2O/c1-11(18(21)20-14-8-9-14)19-16-10-7-13-6-5-12-3-2-4-15(16)17(12)13/h2-4,7,10-11,14,19H,5-6,8-9H2,1H3,(H,20,21). The van der Waals surface area contributed by atoms with Gasteiger partial charge in [-0.05, 0) is 55.2 Å². The van der Waals surface area contributed by atoms with E-state index in [4.69, 9.17) is 0 Å². The Morgan fingerprint density at radius 1 is 1.14 bits per heavy atom. The van der Waals surface area contributed by atoms with Crippen LogP contribution < -0.4 is 10.6 Å². The molecule has 0 radical (unpaired) electrons. The third-order valence-electron chi connectivity index (χ3n) is 4.57. The van der Waals surface area contributed by atoms with Crippen molar-refractivity contribution < 1.29 is 4.79 Å². The minimum Gasteiger partial charge on any atom is -0.373 e. The molecule has 1 saturated carbocycles. The number of carbonyl (C=O) groups is 1. The van der Waals surface area contributed by atoms with Gasteiger partial charge in [0.25, 0.3) is 0 Å². The van der Waals surface area contributed by atoms with E-state index in [-0.39, 0.29) is 11.9 Å². The fourth-order valence-corrected chi connectivity index (χ4v) is 3.23. The average molecular weight is 280 g/mol. The molecule has 2 aromatic rings. The molecule has 2 aliphatic carbocycles. The summed E-state index contributed by atoms with van der Waals surface area (Å²) in [5.41, 5.74) is 3.93. The normalized spacial score (nSPS) is 17.8. The molecular weight excluding hydrogens is 260 g/mol. The van der Waals surface area contributed by atoms with Crippen molar-refractivity contribution in [3.8, 4) is 0 Å². The number of amides is 1. The Labute approximate surface area is 124 Å². The highest BCUT2D eigenvalue weighted by Gasteiger charge is 2.26. The zero-order valence-corrected chi connectivity index (χ0v) is 12.3. The first-order chi connectivity index (χ1) is 10.2. The Hall–Kier alpha value is -2.03. The van der Waals surface area contributed by atoms with Crippen LogP contribution in [-0.2, 0) is 17.6 Å². The van der Waals surface area contributed by atoms with Gasteiger partial charge in [0.2, 0.25) is 5.91 Å². The van der Waals surface area contributed by atoms with Gasteiger partial charge in [-0.2, -0.15) is 0 Å². The van der Waals surface area contributed by atoms with Gasteiger partial charge in [-0.15, -0.1) is 0 Å². The van der Waals surface area contributed by atoms with E-state index in [1.54, 1.807) is 0 Å². The van der Waals surface area contributed by atoms with Crippen LogP contribution in [0.5, 0.6) is 0 Å². The van der Waals surface area contributed by atoms with E-state index in [0.717, 1.165) is 31.4 Å². The van der Waals surface area contributed by atoms with Crippen LogP contribution in [0, 0.1) is 0 Å². The topological polar surface area (TPSA) is 41.1 Å². The summed E-state index contributed by atoms with van der Waals surface area (Å²) in [6.07, 6.45) is 4.51. The first-order valence-corrected chi connectivity index (χ1v) is 7.83. The van der Waals surface area contributed by atoms with Crippen molar-refractivity contribution in [1.82, 2.24) is 5.32 Å². The molecule has 1 amide bonds. The molecular formula is C18H20N2O. The minimum atomic E-state index is -0.205. The van der Waals surface area contributed by atoms with E-state index in [1.807, 2.05) is 6.92 Å². The van der Waals surface area contributed by atoms with Gasteiger partial charge < -0.3 is 10.6 Å². The number of carbonyl (C=O) groups excluding carboxylic acids is 1. The highest BCUT2D eigenvalue weighted by atomic mass is 16.2. The highest BCUT2D eigenvalue weighted by Crippen LogP contribution is 2.35. The van der Waals surface area contributed by atoms with Gasteiger partial charge >= 0.3 is 0 Å². The summed E-state index contributed by atoms with van der Waals surface area (Å²) in [6, 6.07) is 11.0. The summed E-state index contributed by atoms with van der Waals surface area (Å²) in [4.78, 5) is 12.1. The molecule has 0 saturated heterocycles. The fraction of sp³-hybridized carbons (Fsp3) is 0.389. The number of hydrogen-bond donors (Lipinski definition) is 2. The molecule has 1 unspecified atom stereocenters. The molecule has 4 rings (SSSR count). The lowest BCUT2D eigenvalue weighted by molar-refractivity contribution is -0.121. The van der Waals surface area contributed by atoms with Gasteiger partial charge in [-0.25, -0.2) is 0 Å². The summed E-state index contributed by atoms with van der Waals surface area (Å²) >= 11 is 0. The van der Waals surface area contributed by atoms with Gasteiger partial charge in [-0.1, -0.05) is 24.3 Å². The van der Waals surface area contributed by atoms with Crippen LogP contribution in [0.25, 0.3) is 10.8 Å². The molecule has 0 bridgehead atoms. The number of anilines is 1. The molecule has 21 heavy (non-hydrogen) atoms. The fourth-order valence-electron chi connectivity index (χ4n) is 3.23. The Balaban J connectivity index is 1.63. The molecule has 2 aromatic carbocycles. The Morgan fingerprint density at radius 2 is 1.90 bits per heavy atom. The lowest BCUT2D eigenvalue weighted by Crippen LogP contribution is -2.38. The van der Waals surface area contributed by atoms with Crippen molar-refractivity contribution in [3.05, 3.63) is 41.5 Å². The molecule has 3 nitrogen and oxygen atoms in total. The van der Waals surface area contributed by atoms with E-state index in [9.17, 15) is 4.79 Å². The van der Waals surface area contributed by atoms with Gasteiger partial charge in [-0.3, -0.25) is 4.79 Å². The first kappa shape index (κ1) is 12.7. The molecule has 0 aliphatic heterocycles. The van der Waals surface area contributed by atoms with E-state index in [0.29, 0.717) is 6.04 Å². The molecule has 1 fully saturated rings. The third-order valence-corrected chi connectivity index (χ3v) is 4.57. The Morgan fingerprint density at radius 3 is 2.67 bits per heavy atom. The summed E-state index contributed by atoms with van der Waals surface area (Å²) in [5, 5.41) is 9.07. The second-order valence-electron chi connectivity index (χ2n) is 6.26. The van der Waals surface area contributed by atoms with Crippen LogP contribution in [0.3, 0.4) is 0 Å².